The second kappa shape index (κ2) is 5.45. The van der Waals surface area contributed by atoms with Crippen LogP contribution < -0.4 is 10.6 Å². The standard InChI is InChI=1S/C13H19FN2S/c1-8(2)9(3)16(4)12-6-5-10(13(15)17)7-11(12)14/h5-9H,1-4H3,(H2,15,17). The molecule has 2 N–H and O–H groups in total. The first kappa shape index (κ1) is 13.9. The van der Waals surface area contributed by atoms with Crippen LogP contribution in [0.4, 0.5) is 10.1 Å². The SMILES string of the molecule is CC(C)C(C)N(C)c1ccc(C(N)=S)cc1F. The fourth-order valence-electron chi connectivity index (χ4n) is 1.61. The lowest BCUT2D eigenvalue weighted by atomic mass is 10.0. The van der Waals surface area contributed by atoms with E-state index in [1.165, 1.54) is 6.07 Å². The van der Waals surface area contributed by atoms with Crippen LogP contribution >= 0.6 is 12.2 Å². The van der Waals surface area contributed by atoms with Crippen LogP contribution in [0.2, 0.25) is 0 Å². The fraction of sp³-hybridized carbons (Fsp3) is 0.462. The van der Waals surface area contributed by atoms with Gasteiger partial charge in [-0.25, -0.2) is 4.39 Å². The summed E-state index contributed by atoms with van der Waals surface area (Å²) in [6.07, 6.45) is 0. The molecule has 0 aliphatic carbocycles. The van der Waals surface area contributed by atoms with Crippen molar-refractivity contribution in [1.82, 2.24) is 0 Å². The summed E-state index contributed by atoms with van der Waals surface area (Å²) in [5, 5.41) is 0. The highest BCUT2D eigenvalue weighted by molar-refractivity contribution is 7.80. The molecule has 0 radical (unpaired) electrons. The van der Waals surface area contributed by atoms with E-state index < -0.39 is 0 Å². The molecule has 94 valence electrons. The minimum absolute atomic E-state index is 0.218. The quantitative estimate of drug-likeness (QED) is 0.838. The molecular weight excluding hydrogens is 235 g/mol. The van der Waals surface area contributed by atoms with Gasteiger partial charge < -0.3 is 10.6 Å². The molecule has 1 rings (SSSR count). The number of benzene rings is 1. The van der Waals surface area contributed by atoms with Crippen molar-refractivity contribution in [3.63, 3.8) is 0 Å². The summed E-state index contributed by atoms with van der Waals surface area (Å²) >= 11 is 4.82. The smallest absolute Gasteiger partial charge is 0.147 e. The monoisotopic (exact) mass is 254 g/mol. The van der Waals surface area contributed by atoms with Gasteiger partial charge in [-0.1, -0.05) is 26.1 Å². The third kappa shape index (κ3) is 3.16. The van der Waals surface area contributed by atoms with Gasteiger partial charge in [0.1, 0.15) is 10.8 Å². The zero-order valence-corrected chi connectivity index (χ0v) is 11.5. The summed E-state index contributed by atoms with van der Waals surface area (Å²) in [5.74, 6) is 0.167. The number of halogens is 1. The van der Waals surface area contributed by atoms with Crippen LogP contribution in [0.5, 0.6) is 0 Å². The summed E-state index contributed by atoms with van der Waals surface area (Å²) in [5.41, 5.74) is 6.61. The van der Waals surface area contributed by atoms with Gasteiger partial charge in [0.25, 0.3) is 0 Å². The van der Waals surface area contributed by atoms with Gasteiger partial charge in [-0.2, -0.15) is 0 Å². The Bertz CT molecular complexity index is 418. The normalized spacial score (nSPS) is 12.6. The molecule has 0 saturated carbocycles. The summed E-state index contributed by atoms with van der Waals surface area (Å²) < 4.78 is 13.9. The molecule has 0 bridgehead atoms. The molecule has 2 nitrogen and oxygen atoms in total. The number of nitrogens with zero attached hydrogens (tertiary/aromatic N) is 1. The van der Waals surface area contributed by atoms with E-state index >= 15 is 0 Å². The number of hydrogen-bond donors (Lipinski definition) is 1. The second-order valence-electron chi connectivity index (χ2n) is 4.63. The van der Waals surface area contributed by atoms with Crippen LogP contribution in [0.1, 0.15) is 26.3 Å². The Morgan fingerprint density at radius 2 is 1.94 bits per heavy atom. The maximum atomic E-state index is 13.9. The van der Waals surface area contributed by atoms with Gasteiger partial charge in [0.2, 0.25) is 0 Å². The van der Waals surface area contributed by atoms with Crippen molar-refractivity contribution in [3.05, 3.63) is 29.6 Å². The van der Waals surface area contributed by atoms with Gasteiger partial charge in [0, 0.05) is 18.7 Å². The number of thiocarbonyl (C=S) groups is 1. The molecule has 0 saturated heterocycles. The lowest BCUT2D eigenvalue weighted by Crippen LogP contribution is -2.33. The zero-order valence-electron chi connectivity index (χ0n) is 10.7. The van der Waals surface area contributed by atoms with Crippen LogP contribution in [-0.2, 0) is 0 Å². The van der Waals surface area contributed by atoms with Crippen molar-refractivity contribution in [2.45, 2.75) is 26.8 Å². The Balaban J connectivity index is 3.03. The van der Waals surface area contributed by atoms with Gasteiger partial charge in [0.05, 0.1) is 5.69 Å². The summed E-state index contributed by atoms with van der Waals surface area (Å²) in [6, 6.07) is 5.13. The maximum absolute atomic E-state index is 13.9. The van der Waals surface area contributed by atoms with Crippen molar-refractivity contribution in [2.24, 2.45) is 11.7 Å². The van der Waals surface area contributed by atoms with Crippen LogP contribution in [0.15, 0.2) is 18.2 Å². The molecule has 0 fully saturated rings. The minimum Gasteiger partial charge on any atom is -0.389 e. The predicted octanol–water partition coefficient (Wildman–Crippen LogP) is 2.94. The molecule has 1 atom stereocenters. The molecule has 0 aliphatic heterocycles. The second-order valence-corrected chi connectivity index (χ2v) is 5.07. The minimum atomic E-state index is -0.287. The summed E-state index contributed by atoms with van der Waals surface area (Å²) in [7, 11) is 1.89. The van der Waals surface area contributed by atoms with Gasteiger partial charge >= 0.3 is 0 Å². The molecule has 0 amide bonds. The molecule has 4 heteroatoms. The largest absolute Gasteiger partial charge is 0.389 e. The van der Waals surface area contributed by atoms with Gasteiger partial charge in [-0.05, 0) is 31.0 Å². The van der Waals surface area contributed by atoms with Crippen LogP contribution in [0.3, 0.4) is 0 Å². The summed E-state index contributed by atoms with van der Waals surface area (Å²) in [4.78, 5) is 2.15. The topological polar surface area (TPSA) is 29.3 Å². The Kier molecular flexibility index (Phi) is 4.46. The Labute approximate surface area is 108 Å². The van der Waals surface area contributed by atoms with Crippen molar-refractivity contribution < 1.29 is 4.39 Å². The molecule has 1 unspecified atom stereocenters. The van der Waals surface area contributed by atoms with Crippen molar-refractivity contribution in [1.29, 1.82) is 0 Å². The van der Waals surface area contributed by atoms with Gasteiger partial charge in [0.15, 0.2) is 0 Å². The van der Waals surface area contributed by atoms with E-state index in [1.807, 2.05) is 11.9 Å². The first-order chi connectivity index (χ1) is 7.84. The third-order valence-electron chi connectivity index (χ3n) is 3.19. The van der Waals surface area contributed by atoms with E-state index in [-0.39, 0.29) is 16.8 Å². The molecule has 1 aromatic rings. The fourth-order valence-corrected chi connectivity index (χ4v) is 1.74. The van der Waals surface area contributed by atoms with E-state index in [2.05, 4.69) is 20.8 Å². The number of anilines is 1. The maximum Gasteiger partial charge on any atom is 0.147 e. The molecule has 0 spiro atoms. The van der Waals surface area contributed by atoms with E-state index in [1.54, 1.807) is 12.1 Å². The first-order valence-corrected chi connectivity index (χ1v) is 6.07. The molecule has 0 heterocycles. The van der Waals surface area contributed by atoms with Crippen LogP contribution in [-0.4, -0.2) is 18.1 Å². The Morgan fingerprint density at radius 3 is 2.35 bits per heavy atom. The number of rotatable bonds is 4. The van der Waals surface area contributed by atoms with E-state index in [9.17, 15) is 4.39 Å². The van der Waals surface area contributed by atoms with Crippen LogP contribution in [0.25, 0.3) is 0 Å². The van der Waals surface area contributed by atoms with E-state index in [0.29, 0.717) is 17.2 Å². The Morgan fingerprint density at radius 1 is 1.35 bits per heavy atom. The Hall–Kier alpha value is -1.16. The molecule has 0 aromatic heterocycles. The van der Waals surface area contributed by atoms with E-state index in [4.69, 9.17) is 18.0 Å². The number of hydrogen-bond acceptors (Lipinski definition) is 2. The van der Waals surface area contributed by atoms with E-state index in [0.717, 1.165) is 0 Å². The average Bonchev–Trinajstić information content (AvgIpc) is 2.26. The van der Waals surface area contributed by atoms with Crippen molar-refractivity contribution in [2.75, 3.05) is 11.9 Å². The molecule has 1 aromatic carbocycles. The third-order valence-corrected chi connectivity index (χ3v) is 3.42. The zero-order chi connectivity index (χ0) is 13.2. The highest BCUT2D eigenvalue weighted by atomic mass is 32.1. The van der Waals surface area contributed by atoms with Crippen molar-refractivity contribution in [3.8, 4) is 0 Å². The average molecular weight is 254 g/mol. The van der Waals surface area contributed by atoms with Crippen molar-refractivity contribution >= 4 is 22.9 Å². The lowest BCUT2D eigenvalue weighted by molar-refractivity contribution is 0.497. The molecule has 17 heavy (non-hydrogen) atoms. The van der Waals surface area contributed by atoms with Gasteiger partial charge in [-0.3, -0.25) is 0 Å². The highest BCUT2D eigenvalue weighted by Crippen LogP contribution is 2.23. The molecular formula is C13H19FN2S. The highest BCUT2D eigenvalue weighted by Gasteiger charge is 2.17. The summed E-state index contributed by atoms with van der Waals surface area (Å²) in [6.45, 7) is 6.30. The first-order valence-electron chi connectivity index (χ1n) is 5.66. The molecule has 0 aliphatic rings. The number of nitrogens with two attached hydrogens (primary N) is 1. The lowest BCUT2D eigenvalue weighted by Gasteiger charge is -2.30. The van der Waals surface area contributed by atoms with Crippen LogP contribution in [0, 0.1) is 11.7 Å². The predicted molar refractivity (Wildman–Crippen MR) is 75.0 cm³/mol. The van der Waals surface area contributed by atoms with Gasteiger partial charge in [-0.15, -0.1) is 0 Å².